The van der Waals surface area contributed by atoms with Gasteiger partial charge in [-0.3, -0.25) is 4.79 Å². The van der Waals surface area contributed by atoms with Crippen LogP contribution in [0.15, 0.2) is 42.5 Å². The lowest BCUT2D eigenvalue weighted by Gasteiger charge is -2.23. The monoisotopic (exact) mass is 366 g/mol. The number of fused-ring (bicyclic) bond motifs is 2. The van der Waals surface area contributed by atoms with Crippen molar-refractivity contribution in [3.05, 3.63) is 58.6 Å². The van der Waals surface area contributed by atoms with E-state index in [2.05, 4.69) is 23.2 Å². The third-order valence-electron chi connectivity index (χ3n) is 5.07. The van der Waals surface area contributed by atoms with Crippen LogP contribution in [0.4, 0.5) is 0 Å². The van der Waals surface area contributed by atoms with Crippen molar-refractivity contribution in [2.45, 2.75) is 32.2 Å². The molecule has 0 saturated heterocycles. The lowest BCUT2D eigenvalue weighted by molar-refractivity contribution is -0.134. The van der Waals surface area contributed by atoms with Gasteiger partial charge in [0.2, 0.25) is 0 Å². The first-order chi connectivity index (χ1) is 12.6. The Hall–Kier alpha value is -2.40. The zero-order valence-electron chi connectivity index (χ0n) is 15.1. The zero-order valence-corrected chi connectivity index (χ0v) is 15.9. The van der Waals surface area contributed by atoms with E-state index in [-0.39, 0.29) is 18.6 Å². The maximum absolute atomic E-state index is 12.6. The van der Waals surface area contributed by atoms with Crippen LogP contribution in [-0.2, 0) is 17.6 Å². The summed E-state index contributed by atoms with van der Waals surface area (Å²) in [4.78, 5) is 18.9. The Labute approximate surface area is 157 Å². The van der Waals surface area contributed by atoms with Gasteiger partial charge in [-0.25, -0.2) is 4.98 Å². The highest BCUT2D eigenvalue weighted by molar-refractivity contribution is 7.18. The number of thiazole rings is 1. The molecule has 4 rings (SSSR count). The first-order valence-corrected chi connectivity index (χ1v) is 9.79. The highest BCUT2D eigenvalue weighted by Crippen LogP contribution is 2.29. The molecule has 0 spiro atoms. The van der Waals surface area contributed by atoms with Crippen LogP contribution in [0, 0.1) is 0 Å². The Bertz CT molecular complexity index is 917. The fourth-order valence-corrected chi connectivity index (χ4v) is 4.40. The molecule has 26 heavy (non-hydrogen) atoms. The van der Waals surface area contributed by atoms with Crippen molar-refractivity contribution >= 4 is 27.5 Å². The minimum atomic E-state index is -0.0801. The van der Waals surface area contributed by atoms with Crippen molar-refractivity contribution in [2.75, 3.05) is 13.7 Å². The van der Waals surface area contributed by atoms with Crippen molar-refractivity contribution in [1.82, 2.24) is 9.88 Å². The Morgan fingerprint density at radius 2 is 2.04 bits per heavy atom. The van der Waals surface area contributed by atoms with E-state index in [1.165, 1.54) is 17.5 Å². The molecule has 4 nitrogen and oxygen atoms in total. The minimum absolute atomic E-state index is 0.0442. The van der Waals surface area contributed by atoms with Crippen molar-refractivity contribution in [3.63, 3.8) is 0 Å². The predicted octanol–water partition coefficient (Wildman–Crippen LogP) is 4.38. The molecule has 5 heteroatoms. The Kier molecular flexibility index (Phi) is 4.64. The molecule has 0 radical (unpaired) electrons. The fraction of sp³-hybridized carbons (Fsp3) is 0.333. The maximum atomic E-state index is 12.6. The normalized spacial score (nSPS) is 14.2. The number of carbonyl (C=O) groups excluding carboxylic acids is 1. The van der Waals surface area contributed by atoms with Gasteiger partial charge in [0.25, 0.3) is 5.91 Å². The molecule has 0 aliphatic heterocycles. The number of rotatable bonds is 5. The predicted molar refractivity (Wildman–Crippen MR) is 105 cm³/mol. The molecule has 1 aromatic heterocycles. The van der Waals surface area contributed by atoms with Gasteiger partial charge in [0.15, 0.2) is 6.61 Å². The van der Waals surface area contributed by atoms with Crippen LogP contribution in [0.2, 0.25) is 0 Å². The summed E-state index contributed by atoms with van der Waals surface area (Å²) in [6.07, 6.45) is 3.46. The summed E-state index contributed by atoms with van der Waals surface area (Å²) in [7, 11) is 1.81. The number of ether oxygens (including phenoxy) is 1. The summed E-state index contributed by atoms with van der Waals surface area (Å²) in [5.41, 5.74) is 3.74. The van der Waals surface area contributed by atoms with Crippen LogP contribution in [0.3, 0.4) is 0 Å². The minimum Gasteiger partial charge on any atom is -0.484 e. The van der Waals surface area contributed by atoms with E-state index in [0.29, 0.717) is 0 Å². The van der Waals surface area contributed by atoms with Crippen LogP contribution in [0.25, 0.3) is 10.2 Å². The van der Waals surface area contributed by atoms with E-state index in [9.17, 15) is 4.79 Å². The second-order valence-corrected chi connectivity index (χ2v) is 7.84. The van der Waals surface area contributed by atoms with Crippen LogP contribution >= 0.6 is 11.3 Å². The molecule has 1 heterocycles. The van der Waals surface area contributed by atoms with Gasteiger partial charge in [0, 0.05) is 7.05 Å². The molecular weight excluding hydrogens is 344 g/mol. The van der Waals surface area contributed by atoms with E-state index >= 15 is 0 Å². The molecule has 0 bridgehead atoms. The lowest BCUT2D eigenvalue weighted by Crippen LogP contribution is -2.33. The number of benzene rings is 2. The standard InChI is InChI=1S/C21H22N2O2S/c1-14(21-22-18-8-3-4-9-19(18)26-21)23(2)20(24)13-25-17-11-10-15-6-5-7-16(15)12-17/h3-4,8-12,14H,5-7,13H2,1-2H3/t14-/m1/s1. The molecule has 1 atom stereocenters. The van der Waals surface area contributed by atoms with E-state index in [1.54, 1.807) is 16.2 Å². The largest absolute Gasteiger partial charge is 0.484 e. The molecule has 134 valence electrons. The number of para-hydroxylation sites is 1. The number of aromatic nitrogens is 1. The van der Waals surface area contributed by atoms with Crippen LogP contribution in [0.1, 0.15) is 35.5 Å². The molecule has 2 aromatic carbocycles. The third kappa shape index (κ3) is 3.31. The lowest BCUT2D eigenvalue weighted by atomic mass is 10.1. The number of hydrogen-bond acceptors (Lipinski definition) is 4. The second kappa shape index (κ2) is 7.08. The van der Waals surface area contributed by atoms with Gasteiger partial charge >= 0.3 is 0 Å². The molecular formula is C21H22N2O2S. The summed E-state index contributed by atoms with van der Waals surface area (Å²) in [6.45, 7) is 2.05. The average molecular weight is 366 g/mol. The average Bonchev–Trinajstić information content (AvgIpc) is 3.30. The van der Waals surface area contributed by atoms with Gasteiger partial charge in [-0.2, -0.15) is 0 Å². The SMILES string of the molecule is C[C@H](c1nc2ccccc2s1)N(C)C(=O)COc1ccc2c(c1)CCC2. The van der Waals surface area contributed by atoms with E-state index in [0.717, 1.165) is 33.8 Å². The first-order valence-electron chi connectivity index (χ1n) is 8.97. The van der Waals surface area contributed by atoms with Crippen LogP contribution < -0.4 is 4.74 Å². The van der Waals surface area contributed by atoms with E-state index in [1.807, 2.05) is 38.2 Å². The highest BCUT2D eigenvalue weighted by Gasteiger charge is 2.21. The number of carbonyl (C=O) groups is 1. The summed E-state index contributed by atoms with van der Waals surface area (Å²) in [5, 5.41) is 0.944. The molecule has 0 unspecified atom stereocenters. The molecule has 0 fully saturated rings. The zero-order chi connectivity index (χ0) is 18.1. The summed E-state index contributed by atoms with van der Waals surface area (Å²) >= 11 is 1.63. The number of nitrogens with zero attached hydrogens (tertiary/aromatic N) is 2. The third-order valence-corrected chi connectivity index (χ3v) is 6.28. The van der Waals surface area contributed by atoms with Gasteiger partial charge in [-0.15, -0.1) is 11.3 Å². The molecule has 0 saturated carbocycles. The molecule has 0 N–H and O–H groups in total. The Morgan fingerprint density at radius 1 is 1.23 bits per heavy atom. The van der Waals surface area contributed by atoms with Gasteiger partial charge in [-0.05, 0) is 61.6 Å². The fourth-order valence-electron chi connectivity index (χ4n) is 3.34. The topological polar surface area (TPSA) is 42.4 Å². The number of likely N-dealkylation sites (N-methyl/N-ethyl adjacent to an activating group) is 1. The van der Waals surface area contributed by atoms with Gasteiger partial charge < -0.3 is 9.64 Å². The second-order valence-electron chi connectivity index (χ2n) is 6.77. The highest BCUT2D eigenvalue weighted by atomic mass is 32.1. The van der Waals surface area contributed by atoms with Crippen LogP contribution in [0.5, 0.6) is 5.75 Å². The molecule has 3 aromatic rings. The van der Waals surface area contributed by atoms with Gasteiger partial charge in [0.1, 0.15) is 10.8 Å². The van der Waals surface area contributed by atoms with Crippen molar-refractivity contribution < 1.29 is 9.53 Å². The van der Waals surface area contributed by atoms with Crippen molar-refractivity contribution in [1.29, 1.82) is 0 Å². The van der Waals surface area contributed by atoms with Crippen molar-refractivity contribution in [3.8, 4) is 5.75 Å². The Balaban J connectivity index is 1.40. The molecule has 1 amide bonds. The van der Waals surface area contributed by atoms with Gasteiger partial charge in [-0.1, -0.05) is 18.2 Å². The van der Waals surface area contributed by atoms with Crippen molar-refractivity contribution in [2.24, 2.45) is 0 Å². The summed E-state index contributed by atoms with van der Waals surface area (Å²) in [5.74, 6) is 0.734. The van der Waals surface area contributed by atoms with E-state index < -0.39 is 0 Å². The number of amides is 1. The Morgan fingerprint density at radius 3 is 2.88 bits per heavy atom. The molecule has 1 aliphatic carbocycles. The summed E-state index contributed by atoms with van der Waals surface area (Å²) < 4.78 is 6.89. The van der Waals surface area contributed by atoms with E-state index in [4.69, 9.17) is 4.74 Å². The smallest absolute Gasteiger partial charge is 0.260 e. The number of hydrogen-bond donors (Lipinski definition) is 0. The first kappa shape index (κ1) is 17.0. The number of aryl methyl sites for hydroxylation is 2. The van der Waals surface area contributed by atoms with Crippen LogP contribution in [-0.4, -0.2) is 29.4 Å². The molecule has 1 aliphatic rings. The van der Waals surface area contributed by atoms with Gasteiger partial charge in [0.05, 0.1) is 16.3 Å². The quantitative estimate of drug-likeness (QED) is 0.673. The maximum Gasteiger partial charge on any atom is 0.260 e. The summed E-state index contributed by atoms with van der Waals surface area (Å²) in [6, 6.07) is 14.1.